The van der Waals surface area contributed by atoms with E-state index in [0.717, 1.165) is 32.2 Å². The van der Waals surface area contributed by atoms with Crippen molar-refractivity contribution in [3.63, 3.8) is 0 Å². The number of halogens is 1. The summed E-state index contributed by atoms with van der Waals surface area (Å²) in [7, 11) is 0. The number of rotatable bonds is 7. The van der Waals surface area contributed by atoms with Crippen molar-refractivity contribution in [2.24, 2.45) is 17.8 Å². The first kappa shape index (κ1) is 18.7. The molecular formula is C20H28FN3O2. The lowest BCUT2D eigenvalue weighted by atomic mass is 9.82. The molecule has 5 nitrogen and oxygen atoms in total. The highest BCUT2D eigenvalue weighted by molar-refractivity contribution is 5.94. The Morgan fingerprint density at radius 1 is 0.808 bits per heavy atom. The van der Waals surface area contributed by atoms with Gasteiger partial charge >= 0.3 is 6.03 Å². The van der Waals surface area contributed by atoms with Gasteiger partial charge in [-0.05, 0) is 68.4 Å². The monoisotopic (exact) mass is 361 g/mol. The van der Waals surface area contributed by atoms with Crippen LogP contribution in [0.4, 0.5) is 9.18 Å². The lowest BCUT2D eigenvalue weighted by Gasteiger charge is -2.28. The van der Waals surface area contributed by atoms with Crippen LogP contribution < -0.4 is 16.0 Å². The highest BCUT2D eigenvalue weighted by Gasteiger charge is 2.24. The van der Waals surface area contributed by atoms with E-state index in [9.17, 15) is 14.0 Å². The molecule has 1 aromatic rings. The second kappa shape index (κ2) is 9.01. The molecule has 2 aliphatic carbocycles. The van der Waals surface area contributed by atoms with Gasteiger partial charge in [0.2, 0.25) is 0 Å². The Hall–Kier alpha value is -2.11. The van der Waals surface area contributed by atoms with Gasteiger partial charge < -0.3 is 16.0 Å². The van der Waals surface area contributed by atoms with Gasteiger partial charge in [0.1, 0.15) is 5.82 Å². The molecule has 0 saturated heterocycles. The largest absolute Gasteiger partial charge is 0.352 e. The number of hydrogen-bond donors (Lipinski definition) is 3. The molecule has 0 aliphatic heterocycles. The van der Waals surface area contributed by atoms with Crippen molar-refractivity contribution in [2.45, 2.75) is 38.5 Å². The molecule has 26 heavy (non-hydrogen) atoms. The van der Waals surface area contributed by atoms with E-state index >= 15 is 0 Å². The van der Waals surface area contributed by atoms with E-state index in [-0.39, 0.29) is 17.5 Å². The molecular weight excluding hydrogens is 333 g/mol. The molecule has 2 aliphatic rings. The molecule has 0 bridgehead atoms. The molecule has 3 rings (SSSR count). The first-order chi connectivity index (χ1) is 12.6. The third-order valence-electron chi connectivity index (χ3n) is 5.44. The maximum absolute atomic E-state index is 13.6. The molecule has 0 heterocycles. The van der Waals surface area contributed by atoms with Crippen molar-refractivity contribution < 1.29 is 14.0 Å². The zero-order chi connectivity index (χ0) is 18.4. The van der Waals surface area contributed by atoms with Crippen LogP contribution in [-0.2, 0) is 0 Å². The average molecular weight is 361 g/mol. The van der Waals surface area contributed by atoms with Crippen molar-refractivity contribution in [1.29, 1.82) is 0 Å². The Bertz CT molecular complexity index is 625. The minimum absolute atomic E-state index is 0.0591. The molecule has 6 heteroatoms. The quantitative estimate of drug-likeness (QED) is 0.698. The Labute approximate surface area is 154 Å². The van der Waals surface area contributed by atoms with Crippen LogP contribution in [0.1, 0.15) is 48.9 Å². The lowest BCUT2D eigenvalue weighted by molar-refractivity contribution is 0.0937. The van der Waals surface area contributed by atoms with E-state index in [1.54, 1.807) is 12.1 Å². The van der Waals surface area contributed by atoms with Crippen LogP contribution in [0.5, 0.6) is 0 Å². The first-order valence-corrected chi connectivity index (χ1v) is 9.66. The normalized spacial score (nSPS) is 22.5. The highest BCUT2D eigenvalue weighted by atomic mass is 19.1. The lowest BCUT2D eigenvalue weighted by Crippen LogP contribution is -2.40. The summed E-state index contributed by atoms with van der Waals surface area (Å²) in [6.45, 7) is 2.08. The summed E-state index contributed by atoms with van der Waals surface area (Å²) in [5.74, 6) is 0.778. The second-order valence-corrected chi connectivity index (χ2v) is 7.61. The smallest absolute Gasteiger partial charge is 0.314 e. The fourth-order valence-electron chi connectivity index (χ4n) is 3.48. The van der Waals surface area contributed by atoms with E-state index in [1.165, 1.54) is 25.0 Å². The number of amides is 3. The minimum Gasteiger partial charge on any atom is -0.352 e. The zero-order valence-electron chi connectivity index (χ0n) is 15.1. The Morgan fingerprint density at radius 2 is 1.27 bits per heavy atom. The Balaban J connectivity index is 1.30. The van der Waals surface area contributed by atoms with Gasteiger partial charge in [0, 0.05) is 19.6 Å². The van der Waals surface area contributed by atoms with E-state index < -0.39 is 5.82 Å². The summed E-state index contributed by atoms with van der Waals surface area (Å²) < 4.78 is 13.6. The van der Waals surface area contributed by atoms with Gasteiger partial charge in [0.25, 0.3) is 5.91 Å². The van der Waals surface area contributed by atoms with Gasteiger partial charge in [-0.25, -0.2) is 9.18 Å². The molecule has 0 spiro atoms. The summed E-state index contributed by atoms with van der Waals surface area (Å²) in [6, 6.07) is 5.98. The fraction of sp³-hybridized carbons (Fsp3) is 0.600. The number of nitrogens with one attached hydrogen (secondary N) is 3. The highest BCUT2D eigenvalue weighted by Crippen LogP contribution is 2.28. The molecule has 2 saturated carbocycles. The van der Waals surface area contributed by atoms with Crippen molar-refractivity contribution in [3.8, 4) is 0 Å². The van der Waals surface area contributed by atoms with Crippen LogP contribution >= 0.6 is 0 Å². The molecule has 0 aromatic heterocycles. The summed E-state index contributed by atoms with van der Waals surface area (Å²) in [4.78, 5) is 23.8. The summed E-state index contributed by atoms with van der Waals surface area (Å²) in [5, 5.41) is 8.73. The van der Waals surface area contributed by atoms with E-state index in [4.69, 9.17) is 0 Å². The fourth-order valence-corrected chi connectivity index (χ4v) is 3.48. The molecule has 142 valence electrons. The van der Waals surface area contributed by atoms with Gasteiger partial charge in [-0.2, -0.15) is 0 Å². The van der Waals surface area contributed by atoms with Crippen LogP contribution in [0.15, 0.2) is 24.3 Å². The van der Waals surface area contributed by atoms with Gasteiger partial charge in [-0.3, -0.25) is 4.79 Å². The molecule has 0 radical (unpaired) electrons. The Kier molecular flexibility index (Phi) is 6.47. The number of urea groups is 1. The average Bonchev–Trinajstić information content (AvgIpc) is 3.48. The zero-order valence-corrected chi connectivity index (χ0v) is 15.1. The number of carbonyl (C=O) groups is 2. The van der Waals surface area contributed by atoms with Crippen molar-refractivity contribution in [2.75, 3.05) is 19.6 Å². The third kappa shape index (κ3) is 5.71. The molecule has 2 fully saturated rings. The van der Waals surface area contributed by atoms with Crippen LogP contribution in [0.3, 0.4) is 0 Å². The number of benzene rings is 1. The Morgan fingerprint density at radius 3 is 1.77 bits per heavy atom. The molecule has 1 aromatic carbocycles. The van der Waals surface area contributed by atoms with Crippen LogP contribution in [0.2, 0.25) is 0 Å². The van der Waals surface area contributed by atoms with Crippen LogP contribution in [0, 0.1) is 23.6 Å². The second-order valence-electron chi connectivity index (χ2n) is 7.61. The van der Waals surface area contributed by atoms with Crippen molar-refractivity contribution >= 4 is 11.9 Å². The van der Waals surface area contributed by atoms with Gasteiger partial charge in [0.15, 0.2) is 0 Å². The number of hydrogen-bond acceptors (Lipinski definition) is 2. The van der Waals surface area contributed by atoms with E-state index in [0.29, 0.717) is 30.8 Å². The SMILES string of the molecule is O=C(NCC1CC1)NCC1CCC(CNC(=O)c2ccccc2F)CC1. The summed E-state index contributed by atoms with van der Waals surface area (Å²) in [6.07, 6.45) is 6.60. The van der Waals surface area contributed by atoms with Crippen molar-refractivity contribution in [1.82, 2.24) is 16.0 Å². The molecule has 0 unspecified atom stereocenters. The standard InChI is InChI=1S/C20H28FN3O2/c21-18-4-2-1-3-17(18)19(25)22-11-14-5-7-15(8-6-14)12-23-20(26)24-13-16-9-10-16/h1-4,14-16H,5-13H2,(H,22,25)(H2,23,24,26). The predicted molar refractivity (Wildman–Crippen MR) is 98.3 cm³/mol. The van der Waals surface area contributed by atoms with Crippen molar-refractivity contribution in [3.05, 3.63) is 35.6 Å². The summed E-state index contributed by atoms with van der Waals surface area (Å²) in [5.41, 5.74) is 0.0996. The maximum atomic E-state index is 13.6. The maximum Gasteiger partial charge on any atom is 0.314 e. The summed E-state index contributed by atoms with van der Waals surface area (Å²) >= 11 is 0. The third-order valence-corrected chi connectivity index (χ3v) is 5.44. The van der Waals surface area contributed by atoms with Gasteiger partial charge in [-0.1, -0.05) is 12.1 Å². The molecule has 3 N–H and O–H groups in total. The topological polar surface area (TPSA) is 70.2 Å². The van der Waals surface area contributed by atoms with Crippen LogP contribution in [-0.4, -0.2) is 31.6 Å². The first-order valence-electron chi connectivity index (χ1n) is 9.66. The van der Waals surface area contributed by atoms with Gasteiger partial charge in [-0.15, -0.1) is 0 Å². The van der Waals surface area contributed by atoms with Crippen LogP contribution in [0.25, 0.3) is 0 Å². The van der Waals surface area contributed by atoms with E-state index in [2.05, 4.69) is 16.0 Å². The minimum atomic E-state index is -0.486. The molecule has 0 atom stereocenters. The molecule has 3 amide bonds. The number of carbonyl (C=O) groups excluding carboxylic acids is 2. The van der Waals surface area contributed by atoms with E-state index in [1.807, 2.05) is 0 Å². The predicted octanol–water partition coefficient (Wildman–Crippen LogP) is 3.07. The van der Waals surface area contributed by atoms with Gasteiger partial charge in [0.05, 0.1) is 5.56 Å².